The normalized spacial score (nSPS) is 19.2. The van der Waals surface area contributed by atoms with Crippen molar-refractivity contribution in [3.8, 4) is 0 Å². The topological polar surface area (TPSA) is 25.4 Å². The molecule has 5 heteroatoms. The zero-order chi connectivity index (χ0) is 9.10. The molecular formula is C8H11BrN2OS. The summed E-state index contributed by atoms with van der Waals surface area (Å²) in [4.78, 5) is 6.72. The van der Waals surface area contributed by atoms with E-state index in [2.05, 4.69) is 31.2 Å². The molecule has 2 rings (SSSR count). The molecule has 1 aromatic heterocycles. The molecule has 0 unspecified atom stereocenters. The van der Waals surface area contributed by atoms with Crippen LogP contribution in [-0.4, -0.2) is 36.2 Å². The van der Waals surface area contributed by atoms with Crippen molar-refractivity contribution in [2.24, 2.45) is 0 Å². The van der Waals surface area contributed by atoms with Crippen molar-refractivity contribution in [3.63, 3.8) is 0 Å². The minimum Gasteiger partial charge on any atom is -0.379 e. The van der Waals surface area contributed by atoms with Crippen LogP contribution in [0.1, 0.15) is 5.69 Å². The van der Waals surface area contributed by atoms with Gasteiger partial charge >= 0.3 is 0 Å². The van der Waals surface area contributed by atoms with Crippen LogP contribution in [-0.2, 0) is 11.3 Å². The van der Waals surface area contributed by atoms with Gasteiger partial charge in [0, 0.05) is 25.0 Å². The highest BCUT2D eigenvalue weighted by Crippen LogP contribution is 2.17. The molecule has 1 saturated heterocycles. The van der Waals surface area contributed by atoms with Crippen LogP contribution < -0.4 is 0 Å². The Bertz CT molecular complexity index is 273. The van der Waals surface area contributed by atoms with Gasteiger partial charge in [-0.05, 0) is 15.9 Å². The fraction of sp³-hybridized carbons (Fsp3) is 0.625. The standard InChI is InChI=1S/C8H11BrN2OS/c9-8-10-7(6-13-8)5-11-1-3-12-4-2-11/h6H,1-5H2. The summed E-state index contributed by atoms with van der Waals surface area (Å²) in [6, 6.07) is 0. The molecule has 1 fully saturated rings. The average molecular weight is 263 g/mol. The molecule has 2 heterocycles. The second-order valence-corrected chi connectivity index (χ2v) is 5.11. The maximum absolute atomic E-state index is 5.27. The predicted molar refractivity (Wildman–Crippen MR) is 55.9 cm³/mol. The third kappa shape index (κ3) is 2.74. The summed E-state index contributed by atoms with van der Waals surface area (Å²) in [5, 5.41) is 2.10. The van der Waals surface area contributed by atoms with Gasteiger partial charge in [-0.15, -0.1) is 11.3 Å². The lowest BCUT2D eigenvalue weighted by atomic mass is 10.4. The monoisotopic (exact) mass is 262 g/mol. The highest BCUT2D eigenvalue weighted by Gasteiger charge is 2.11. The van der Waals surface area contributed by atoms with E-state index >= 15 is 0 Å². The Kier molecular flexibility index (Phi) is 3.32. The Morgan fingerprint density at radius 2 is 2.31 bits per heavy atom. The van der Waals surface area contributed by atoms with E-state index in [9.17, 15) is 0 Å². The molecule has 13 heavy (non-hydrogen) atoms. The van der Waals surface area contributed by atoms with Crippen LogP contribution >= 0.6 is 27.3 Å². The number of hydrogen-bond donors (Lipinski definition) is 0. The molecule has 0 radical (unpaired) electrons. The van der Waals surface area contributed by atoms with Crippen LogP contribution in [0.5, 0.6) is 0 Å². The van der Waals surface area contributed by atoms with E-state index in [0.29, 0.717) is 0 Å². The van der Waals surface area contributed by atoms with Crippen LogP contribution in [0.4, 0.5) is 0 Å². The average Bonchev–Trinajstić information content (AvgIpc) is 2.53. The SMILES string of the molecule is Brc1nc(CN2CCOCC2)cs1. The maximum atomic E-state index is 5.27. The fourth-order valence-electron chi connectivity index (χ4n) is 1.34. The maximum Gasteiger partial charge on any atom is 0.159 e. The minimum absolute atomic E-state index is 0.852. The van der Waals surface area contributed by atoms with Gasteiger partial charge in [-0.25, -0.2) is 4.98 Å². The van der Waals surface area contributed by atoms with Crippen LogP contribution in [0.2, 0.25) is 0 Å². The minimum atomic E-state index is 0.852. The number of morpholine rings is 1. The summed E-state index contributed by atoms with van der Waals surface area (Å²) in [5.74, 6) is 0. The smallest absolute Gasteiger partial charge is 0.159 e. The molecule has 1 aromatic rings. The molecule has 0 atom stereocenters. The van der Waals surface area contributed by atoms with E-state index in [1.54, 1.807) is 11.3 Å². The molecular weight excluding hydrogens is 252 g/mol. The van der Waals surface area contributed by atoms with Gasteiger partial charge in [0.15, 0.2) is 3.92 Å². The molecule has 72 valence electrons. The van der Waals surface area contributed by atoms with Gasteiger partial charge in [0.2, 0.25) is 0 Å². The zero-order valence-corrected chi connectivity index (χ0v) is 9.60. The first kappa shape index (κ1) is 9.58. The van der Waals surface area contributed by atoms with Gasteiger partial charge in [-0.3, -0.25) is 4.90 Å². The molecule has 0 aliphatic carbocycles. The Morgan fingerprint density at radius 1 is 1.54 bits per heavy atom. The Balaban J connectivity index is 1.89. The first-order valence-electron chi connectivity index (χ1n) is 4.24. The van der Waals surface area contributed by atoms with Gasteiger partial charge in [0.1, 0.15) is 0 Å². The molecule has 0 bridgehead atoms. The molecule has 0 saturated carbocycles. The van der Waals surface area contributed by atoms with Crippen LogP contribution in [0.15, 0.2) is 9.30 Å². The summed E-state index contributed by atoms with van der Waals surface area (Å²) in [6.45, 7) is 4.70. The Hall–Kier alpha value is 0.0300. The second kappa shape index (κ2) is 4.50. The summed E-state index contributed by atoms with van der Waals surface area (Å²) in [5.41, 5.74) is 1.15. The number of ether oxygens (including phenoxy) is 1. The largest absolute Gasteiger partial charge is 0.379 e. The third-order valence-corrected chi connectivity index (χ3v) is 3.43. The predicted octanol–water partition coefficient (Wildman–Crippen LogP) is 1.74. The molecule has 3 nitrogen and oxygen atoms in total. The molecule has 0 amide bonds. The van der Waals surface area contributed by atoms with E-state index in [-0.39, 0.29) is 0 Å². The van der Waals surface area contributed by atoms with Crippen molar-refractivity contribution in [2.45, 2.75) is 6.54 Å². The van der Waals surface area contributed by atoms with Gasteiger partial charge in [-0.1, -0.05) is 0 Å². The Morgan fingerprint density at radius 3 is 2.92 bits per heavy atom. The van der Waals surface area contributed by atoms with Gasteiger partial charge in [0.05, 0.1) is 18.9 Å². The number of nitrogens with zero attached hydrogens (tertiary/aromatic N) is 2. The first-order chi connectivity index (χ1) is 6.34. The number of hydrogen-bond acceptors (Lipinski definition) is 4. The van der Waals surface area contributed by atoms with Crippen molar-refractivity contribution in [3.05, 3.63) is 15.0 Å². The van der Waals surface area contributed by atoms with E-state index in [1.807, 2.05) is 0 Å². The van der Waals surface area contributed by atoms with Crippen molar-refractivity contribution in [2.75, 3.05) is 26.3 Å². The van der Waals surface area contributed by atoms with Crippen molar-refractivity contribution < 1.29 is 4.74 Å². The van der Waals surface area contributed by atoms with Gasteiger partial charge in [0.25, 0.3) is 0 Å². The molecule has 0 N–H and O–H groups in total. The molecule has 0 spiro atoms. The quantitative estimate of drug-likeness (QED) is 0.812. The fourth-order valence-corrected chi connectivity index (χ4v) is 2.38. The molecule has 0 aromatic carbocycles. The van der Waals surface area contributed by atoms with Crippen LogP contribution in [0.3, 0.4) is 0 Å². The van der Waals surface area contributed by atoms with Crippen molar-refractivity contribution in [1.29, 1.82) is 0 Å². The third-order valence-electron chi connectivity index (χ3n) is 2.01. The lowest BCUT2D eigenvalue weighted by Crippen LogP contribution is -2.35. The summed E-state index contributed by atoms with van der Waals surface area (Å²) >= 11 is 5.00. The van der Waals surface area contributed by atoms with E-state index in [4.69, 9.17) is 4.74 Å². The highest BCUT2D eigenvalue weighted by molar-refractivity contribution is 9.11. The summed E-state index contributed by atoms with van der Waals surface area (Å²) < 4.78 is 6.24. The number of aromatic nitrogens is 1. The van der Waals surface area contributed by atoms with Crippen LogP contribution in [0.25, 0.3) is 0 Å². The second-order valence-electron chi connectivity index (χ2n) is 2.98. The van der Waals surface area contributed by atoms with E-state index in [0.717, 1.165) is 42.5 Å². The van der Waals surface area contributed by atoms with Gasteiger partial charge in [-0.2, -0.15) is 0 Å². The number of thiazole rings is 1. The molecule has 1 aliphatic heterocycles. The van der Waals surface area contributed by atoms with Crippen molar-refractivity contribution in [1.82, 2.24) is 9.88 Å². The lowest BCUT2D eigenvalue weighted by molar-refractivity contribution is 0.0337. The number of rotatable bonds is 2. The summed E-state index contributed by atoms with van der Waals surface area (Å²) in [7, 11) is 0. The van der Waals surface area contributed by atoms with Gasteiger partial charge < -0.3 is 4.74 Å². The van der Waals surface area contributed by atoms with E-state index < -0.39 is 0 Å². The lowest BCUT2D eigenvalue weighted by Gasteiger charge is -2.25. The van der Waals surface area contributed by atoms with E-state index in [1.165, 1.54) is 0 Å². The highest BCUT2D eigenvalue weighted by atomic mass is 79.9. The zero-order valence-electron chi connectivity index (χ0n) is 7.20. The van der Waals surface area contributed by atoms with Crippen molar-refractivity contribution >= 4 is 27.3 Å². The first-order valence-corrected chi connectivity index (χ1v) is 5.92. The van der Waals surface area contributed by atoms with Crippen LogP contribution in [0, 0.1) is 0 Å². The molecule has 1 aliphatic rings. The number of halogens is 1. The Labute approximate surface area is 89.9 Å². The summed E-state index contributed by atoms with van der Waals surface area (Å²) in [6.07, 6.45) is 0.